The number of hydrogen-bond acceptors (Lipinski definition) is 4. The summed E-state index contributed by atoms with van der Waals surface area (Å²) in [7, 11) is 0. The molecule has 31 heavy (non-hydrogen) atoms. The molecule has 0 saturated heterocycles. The van der Waals surface area contributed by atoms with Crippen molar-refractivity contribution in [3.05, 3.63) is 94.3 Å². The topological polar surface area (TPSA) is 55.6 Å². The normalized spacial score (nSPS) is 10.9. The average Bonchev–Trinajstić information content (AvgIpc) is 3.15. The Bertz CT molecular complexity index is 1180. The van der Waals surface area contributed by atoms with Crippen LogP contribution in [0.2, 0.25) is 5.02 Å². The first-order valence-electron chi connectivity index (χ1n) is 10.0. The van der Waals surface area contributed by atoms with E-state index in [1.54, 1.807) is 29.2 Å². The summed E-state index contributed by atoms with van der Waals surface area (Å²) >= 11 is 5.91. The van der Waals surface area contributed by atoms with Crippen molar-refractivity contribution in [2.75, 3.05) is 6.61 Å². The molecule has 0 aliphatic heterocycles. The van der Waals surface area contributed by atoms with E-state index < -0.39 is 0 Å². The molecule has 4 aromatic rings. The molecule has 1 amide bonds. The van der Waals surface area contributed by atoms with Gasteiger partial charge in [0.15, 0.2) is 12.2 Å². The minimum atomic E-state index is -0.158. The number of nitrogens with zero attached hydrogens (tertiary/aromatic N) is 2. The smallest absolute Gasteiger partial charge is 0.261 e. The van der Waals surface area contributed by atoms with Gasteiger partial charge in [0, 0.05) is 11.6 Å². The van der Waals surface area contributed by atoms with Crippen molar-refractivity contribution in [1.82, 2.24) is 9.88 Å². The highest BCUT2D eigenvalue weighted by atomic mass is 35.5. The standard InChI is InChI=1S/C25H23ClN2O3/c1-17-3-6-19(7-4-17)14-28(25(29)16-30-21-10-8-20(26)9-11-21)15-24-27-22-13-18(2)5-12-23(22)31-24/h3-13H,14-16H2,1-2H3. The number of aryl methyl sites for hydroxylation is 2. The fourth-order valence-corrected chi connectivity index (χ4v) is 3.36. The molecule has 1 heterocycles. The lowest BCUT2D eigenvalue weighted by Crippen LogP contribution is -2.34. The fourth-order valence-electron chi connectivity index (χ4n) is 3.23. The van der Waals surface area contributed by atoms with Gasteiger partial charge < -0.3 is 14.1 Å². The molecule has 3 aromatic carbocycles. The molecule has 0 aliphatic carbocycles. The first-order valence-corrected chi connectivity index (χ1v) is 10.4. The van der Waals surface area contributed by atoms with Gasteiger partial charge in [-0.3, -0.25) is 4.79 Å². The molecule has 4 rings (SSSR count). The number of benzene rings is 3. The molecule has 0 spiro atoms. The summed E-state index contributed by atoms with van der Waals surface area (Å²) in [6, 6.07) is 20.9. The molecule has 0 radical (unpaired) electrons. The second-order valence-electron chi connectivity index (χ2n) is 7.56. The van der Waals surface area contributed by atoms with Gasteiger partial charge in [-0.1, -0.05) is 47.5 Å². The average molecular weight is 435 g/mol. The van der Waals surface area contributed by atoms with Crippen LogP contribution in [-0.4, -0.2) is 22.4 Å². The molecule has 0 unspecified atom stereocenters. The van der Waals surface area contributed by atoms with Gasteiger partial charge in [-0.05, 0) is 61.4 Å². The SMILES string of the molecule is Cc1ccc(CN(Cc2nc3cc(C)ccc3o2)C(=O)COc2ccc(Cl)cc2)cc1. The number of amides is 1. The van der Waals surface area contributed by atoms with E-state index in [1.807, 2.05) is 56.3 Å². The lowest BCUT2D eigenvalue weighted by Gasteiger charge is -2.21. The zero-order chi connectivity index (χ0) is 21.8. The van der Waals surface area contributed by atoms with E-state index in [0.717, 1.165) is 16.6 Å². The summed E-state index contributed by atoms with van der Waals surface area (Å²) in [5.74, 6) is 0.923. The van der Waals surface area contributed by atoms with Crippen LogP contribution in [0.15, 0.2) is 71.1 Å². The summed E-state index contributed by atoms with van der Waals surface area (Å²) in [5.41, 5.74) is 4.80. The Labute approximate surface area is 186 Å². The second kappa shape index (κ2) is 9.23. The molecule has 0 N–H and O–H groups in total. The van der Waals surface area contributed by atoms with E-state index in [9.17, 15) is 4.79 Å². The predicted octanol–water partition coefficient (Wildman–Crippen LogP) is 5.71. The van der Waals surface area contributed by atoms with Crippen molar-refractivity contribution in [3.63, 3.8) is 0 Å². The molecular weight excluding hydrogens is 412 g/mol. The molecule has 158 valence electrons. The van der Waals surface area contributed by atoms with Crippen LogP contribution in [-0.2, 0) is 17.9 Å². The van der Waals surface area contributed by atoms with Crippen LogP contribution in [0.3, 0.4) is 0 Å². The van der Waals surface area contributed by atoms with E-state index >= 15 is 0 Å². The zero-order valence-electron chi connectivity index (χ0n) is 17.5. The summed E-state index contributed by atoms with van der Waals surface area (Å²) in [4.78, 5) is 19.3. The third-order valence-corrected chi connectivity index (χ3v) is 5.19. The van der Waals surface area contributed by atoms with Gasteiger partial charge in [0.2, 0.25) is 5.89 Å². The second-order valence-corrected chi connectivity index (χ2v) is 7.99. The number of fused-ring (bicyclic) bond motifs is 1. The van der Waals surface area contributed by atoms with Gasteiger partial charge in [-0.2, -0.15) is 0 Å². The first-order chi connectivity index (χ1) is 15.0. The zero-order valence-corrected chi connectivity index (χ0v) is 18.2. The number of hydrogen-bond donors (Lipinski definition) is 0. The van der Waals surface area contributed by atoms with Crippen LogP contribution < -0.4 is 4.74 Å². The van der Waals surface area contributed by atoms with Crippen LogP contribution in [0.1, 0.15) is 22.6 Å². The Morgan fingerprint density at radius 2 is 1.68 bits per heavy atom. The molecule has 5 nitrogen and oxygen atoms in total. The van der Waals surface area contributed by atoms with E-state index in [2.05, 4.69) is 4.98 Å². The Kier molecular flexibility index (Phi) is 6.23. The minimum absolute atomic E-state index is 0.0904. The van der Waals surface area contributed by atoms with Gasteiger partial charge >= 0.3 is 0 Å². The predicted molar refractivity (Wildman–Crippen MR) is 121 cm³/mol. The maximum absolute atomic E-state index is 13.0. The Morgan fingerprint density at radius 1 is 0.968 bits per heavy atom. The summed E-state index contributed by atoms with van der Waals surface area (Å²) < 4.78 is 11.5. The summed E-state index contributed by atoms with van der Waals surface area (Å²) in [6.45, 7) is 4.64. The molecule has 0 bridgehead atoms. The van der Waals surface area contributed by atoms with Gasteiger partial charge in [0.1, 0.15) is 11.3 Å². The number of ether oxygens (including phenoxy) is 1. The van der Waals surface area contributed by atoms with Crippen LogP contribution in [0, 0.1) is 13.8 Å². The van der Waals surface area contributed by atoms with Gasteiger partial charge in [0.05, 0.1) is 6.54 Å². The lowest BCUT2D eigenvalue weighted by molar-refractivity contribution is -0.135. The van der Waals surface area contributed by atoms with Crippen molar-refractivity contribution >= 4 is 28.6 Å². The highest BCUT2D eigenvalue weighted by molar-refractivity contribution is 6.30. The molecule has 0 saturated carbocycles. The largest absolute Gasteiger partial charge is 0.484 e. The maximum atomic E-state index is 13.0. The monoisotopic (exact) mass is 434 g/mol. The van der Waals surface area contributed by atoms with Crippen molar-refractivity contribution in [1.29, 1.82) is 0 Å². The van der Waals surface area contributed by atoms with Gasteiger partial charge in [-0.15, -0.1) is 0 Å². The number of halogens is 1. The molecule has 6 heteroatoms. The molecular formula is C25H23ClN2O3. The molecule has 0 atom stereocenters. The minimum Gasteiger partial charge on any atom is -0.484 e. The third kappa shape index (κ3) is 5.44. The molecule has 1 aromatic heterocycles. The number of rotatable bonds is 7. The van der Waals surface area contributed by atoms with E-state index in [4.69, 9.17) is 20.8 Å². The van der Waals surface area contributed by atoms with Crippen LogP contribution in [0.4, 0.5) is 0 Å². The Morgan fingerprint density at radius 3 is 2.42 bits per heavy atom. The number of carbonyl (C=O) groups is 1. The quantitative estimate of drug-likeness (QED) is 0.374. The summed E-state index contributed by atoms with van der Waals surface area (Å²) in [5, 5.41) is 0.617. The highest BCUT2D eigenvalue weighted by Crippen LogP contribution is 2.20. The van der Waals surface area contributed by atoms with Crippen molar-refractivity contribution in [2.24, 2.45) is 0 Å². The Balaban J connectivity index is 1.52. The summed E-state index contributed by atoms with van der Waals surface area (Å²) in [6.07, 6.45) is 0. The maximum Gasteiger partial charge on any atom is 0.261 e. The van der Waals surface area contributed by atoms with E-state index in [1.165, 1.54) is 5.56 Å². The van der Waals surface area contributed by atoms with Crippen LogP contribution in [0.25, 0.3) is 11.1 Å². The van der Waals surface area contributed by atoms with Crippen molar-refractivity contribution < 1.29 is 13.9 Å². The van der Waals surface area contributed by atoms with Crippen molar-refractivity contribution in [2.45, 2.75) is 26.9 Å². The fraction of sp³-hybridized carbons (Fsp3) is 0.200. The van der Waals surface area contributed by atoms with Crippen molar-refractivity contribution in [3.8, 4) is 5.75 Å². The van der Waals surface area contributed by atoms with E-state index in [-0.39, 0.29) is 19.1 Å². The first kappa shape index (κ1) is 20.9. The van der Waals surface area contributed by atoms with Crippen LogP contribution >= 0.6 is 11.6 Å². The molecule has 0 aliphatic rings. The number of carbonyl (C=O) groups excluding carboxylic acids is 1. The Hall–Kier alpha value is -3.31. The molecule has 0 fully saturated rings. The number of oxazole rings is 1. The highest BCUT2D eigenvalue weighted by Gasteiger charge is 2.19. The van der Waals surface area contributed by atoms with Gasteiger partial charge in [-0.25, -0.2) is 4.98 Å². The van der Waals surface area contributed by atoms with Gasteiger partial charge in [0.25, 0.3) is 5.91 Å². The third-order valence-electron chi connectivity index (χ3n) is 4.94. The lowest BCUT2D eigenvalue weighted by atomic mass is 10.1. The van der Waals surface area contributed by atoms with E-state index in [0.29, 0.717) is 28.8 Å². The number of aromatic nitrogens is 1. The van der Waals surface area contributed by atoms with Crippen LogP contribution in [0.5, 0.6) is 5.75 Å².